The van der Waals surface area contributed by atoms with Crippen LogP contribution in [0.5, 0.6) is 0 Å². The van der Waals surface area contributed by atoms with E-state index < -0.39 is 29.6 Å². The Kier molecular flexibility index (Phi) is 3.72. The molecule has 80 valence electrons. The Balaban J connectivity index is 2.77. The van der Waals surface area contributed by atoms with Crippen LogP contribution in [0, 0.1) is 5.92 Å². The van der Waals surface area contributed by atoms with Crippen molar-refractivity contribution < 1.29 is 15.3 Å². The van der Waals surface area contributed by atoms with Crippen LogP contribution in [0.4, 0.5) is 0 Å². The first-order valence-electron chi connectivity index (χ1n) is 4.51. The number of aliphatic hydroxyl groups is 3. The zero-order valence-corrected chi connectivity index (χ0v) is 8.72. The molecule has 0 bridgehead atoms. The molecular weight excluding hydrogens is 204 g/mol. The highest BCUT2D eigenvalue weighted by atomic mass is 35.5. The molecule has 0 saturated heterocycles. The molecule has 4 heteroatoms. The van der Waals surface area contributed by atoms with Crippen LogP contribution in [-0.2, 0) is 0 Å². The van der Waals surface area contributed by atoms with E-state index in [0.717, 1.165) is 0 Å². The van der Waals surface area contributed by atoms with Gasteiger partial charge in [-0.25, -0.2) is 0 Å². The predicted octanol–water partition coefficient (Wildman–Crippen LogP) is 0.440. The van der Waals surface area contributed by atoms with Crippen molar-refractivity contribution >= 4 is 11.6 Å². The average molecular weight is 219 g/mol. The number of allylic oxidation sites excluding steroid dienone is 3. The Hall–Kier alpha value is -0.350. The third-order valence-corrected chi connectivity index (χ3v) is 2.83. The zero-order chi connectivity index (χ0) is 10.8. The number of hydrogen-bond donors (Lipinski definition) is 3. The molecule has 3 N–H and O–H groups in total. The van der Waals surface area contributed by atoms with E-state index in [0.29, 0.717) is 0 Å². The van der Waals surface area contributed by atoms with Crippen molar-refractivity contribution in [2.24, 2.45) is 5.92 Å². The molecule has 0 heterocycles. The summed E-state index contributed by atoms with van der Waals surface area (Å²) in [7, 11) is 0. The van der Waals surface area contributed by atoms with Gasteiger partial charge in [-0.1, -0.05) is 24.3 Å². The molecule has 0 aromatic carbocycles. The lowest BCUT2D eigenvalue weighted by Gasteiger charge is -2.34. The van der Waals surface area contributed by atoms with Gasteiger partial charge in [0.1, 0.15) is 6.10 Å². The molecule has 1 aliphatic rings. The lowest BCUT2D eigenvalue weighted by Crippen LogP contribution is -2.43. The highest BCUT2D eigenvalue weighted by molar-refractivity contribution is 6.25. The first kappa shape index (κ1) is 11.7. The molecule has 0 aromatic rings. The van der Waals surface area contributed by atoms with Gasteiger partial charge in [0.25, 0.3) is 0 Å². The van der Waals surface area contributed by atoms with Gasteiger partial charge < -0.3 is 15.3 Å². The van der Waals surface area contributed by atoms with Crippen molar-refractivity contribution in [3.63, 3.8) is 0 Å². The Morgan fingerprint density at radius 2 is 2.07 bits per heavy atom. The minimum Gasteiger partial charge on any atom is -0.394 e. The molecule has 0 radical (unpaired) electrons. The molecule has 3 nitrogen and oxygen atoms in total. The minimum absolute atomic E-state index is 0.392. The Bertz CT molecular complexity index is 248. The van der Waals surface area contributed by atoms with Gasteiger partial charge >= 0.3 is 0 Å². The second kappa shape index (κ2) is 4.45. The summed E-state index contributed by atoms with van der Waals surface area (Å²) in [5.74, 6) is -0.392. The van der Waals surface area contributed by atoms with E-state index in [1.54, 1.807) is 31.2 Å². The molecule has 1 rings (SSSR count). The summed E-state index contributed by atoms with van der Waals surface area (Å²) in [5.41, 5.74) is 0. The smallest absolute Gasteiger partial charge is 0.104 e. The van der Waals surface area contributed by atoms with Crippen LogP contribution in [-0.4, -0.2) is 39.0 Å². The van der Waals surface area contributed by atoms with Crippen LogP contribution in [0.25, 0.3) is 0 Å². The van der Waals surface area contributed by atoms with Gasteiger partial charge in [0.2, 0.25) is 0 Å². The SMILES string of the molecule is CC1(Cl)C=CC=CC1C(O)C(O)CO. The van der Waals surface area contributed by atoms with Crippen molar-refractivity contribution in [2.45, 2.75) is 24.0 Å². The Morgan fingerprint density at radius 3 is 2.57 bits per heavy atom. The standard InChI is InChI=1S/C10H15ClO3/c1-10(11)5-3-2-4-7(10)9(14)8(13)6-12/h2-5,7-9,12-14H,6H2,1H3. The van der Waals surface area contributed by atoms with E-state index in [2.05, 4.69) is 0 Å². The number of rotatable bonds is 3. The fourth-order valence-electron chi connectivity index (χ4n) is 1.52. The normalized spacial score (nSPS) is 35.6. The number of hydrogen-bond acceptors (Lipinski definition) is 3. The molecule has 0 spiro atoms. The maximum absolute atomic E-state index is 9.70. The molecule has 0 aliphatic heterocycles. The van der Waals surface area contributed by atoms with Gasteiger partial charge in [-0.05, 0) is 6.92 Å². The zero-order valence-electron chi connectivity index (χ0n) is 7.97. The molecule has 0 saturated carbocycles. The van der Waals surface area contributed by atoms with Gasteiger partial charge in [-0.3, -0.25) is 0 Å². The summed E-state index contributed by atoms with van der Waals surface area (Å²) in [5, 5.41) is 27.7. The lowest BCUT2D eigenvalue weighted by molar-refractivity contribution is -0.0376. The van der Waals surface area contributed by atoms with Gasteiger partial charge in [-0.15, -0.1) is 11.6 Å². The first-order valence-corrected chi connectivity index (χ1v) is 4.89. The largest absolute Gasteiger partial charge is 0.394 e. The van der Waals surface area contributed by atoms with Crippen molar-refractivity contribution in [2.75, 3.05) is 6.61 Å². The summed E-state index contributed by atoms with van der Waals surface area (Å²) in [6.45, 7) is 1.29. The van der Waals surface area contributed by atoms with Crippen molar-refractivity contribution in [1.82, 2.24) is 0 Å². The van der Waals surface area contributed by atoms with Crippen LogP contribution in [0.3, 0.4) is 0 Å². The van der Waals surface area contributed by atoms with E-state index in [4.69, 9.17) is 16.7 Å². The summed E-state index contributed by atoms with van der Waals surface area (Å²) in [6.07, 6.45) is 4.84. The minimum atomic E-state index is -1.16. The van der Waals surface area contributed by atoms with Crippen LogP contribution < -0.4 is 0 Å². The van der Waals surface area contributed by atoms with E-state index >= 15 is 0 Å². The van der Waals surface area contributed by atoms with Gasteiger partial charge in [0.15, 0.2) is 0 Å². The van der Waals surface area contributed by atoms with Crippen LogP contribution in [0.1, 0.15) is 6.92 Å². The van der Waals surface area contributed by atoms with E-state index in [1.807, 2.05) is 0 Å². The summed E-state index contributed by atoms with van der Waals surface area (Å²) in [6, 6.07) is 0. The third kappa shape index (κ3) is 2.36. The molecular formula is C10H15ClO3. The molecule has 0 aromatic heterocycles. The molecule has 4 unspecified atom stereocenters. The fraction of sp³-hybridized carbons (Fsp3) is 0.600. The van der Waals surface area contributed by atoms with Crippen LogP contribution in [0.15, 0.2) is 24.3 Å². The van der Waals surface area contributed by atoms with E-state index in [-0.39, 0.29) is 0 Å². The highest BCUT2D eigenvalue weighted by Crippen LogP contribution is 2.34. The fourth-order valence-corrected chi connectivity index (χ4v) is 1.80. The molecule has 1 aliphatic carbocycles. The van der Waals surface area contributed by atoms with E-state index in [1.165, 1.54) is 0 Å². The maximum Gasteiger partial charge on any atom is 0.104 e. The van der Waals surface area contributed by atoms with Crippen molar-refractivity contribution in [1.29, 1.82) is 0 Å². The lowest BCUT2D eigenvalue weighted by atomic mass is 9.83. The first-order chi connectivity index (χ1) is 6.49. The van der Waals surface area contributed by atoms with Gasteiger partial charge in [-0.2, -0.15) is 0 Å². The summed E-state index contributed by atoms with van der Waals surface area (Å²) >= 11 is 6.14. The van der Waals surface area contributed by atoms with Crippen molar-refractivity contribution in [3.05, 3.63) is 24.3 Å². The van der Waals surface area contributed by atoms with Crippen LogP contribution in [0.2, 0.25) is 0 Å². The van der Waals surface area contributed by atoms with Crippen molar-refractivity contribution in [3.8, 4) is 0 Å². The van der Waals surface area contributed by atoms with E-state index in [9.17, 15) is 10.2 Å². The maximum atomic E-state index is 9.70. The summed E-state index contributed by atoms with van der Waals surface area (Å²) in [4.78, 5) is -0.718. The number of aliphatic hydroxyl groups excluding tert-OH is 3. The summed E-state index contributed by atoms with van der Waals surface area (Å²) < 4.78 is 0. The van der Waals surface area contributed by atoms with Gasteiger partial charge in [0, 0.05) is 5.92 Å². The number of alkyl halides is 1. The topological polar surface area (TPSA) is 60.7 Å². The molecule has 0 amide bonds. The van der Waals surface area contributed by atoms with Gasteiger partial charge in [0.05, 0.1) is 17.6 Å². The third-order valence-electron chi connectivity index (χ3n) is 2.45. The molecule has 14 heavy (non-hydrogen) atoms. The quantitative estimate of drug-likeness (QED) is 0.603. The monoisotopic (exact) mass is 218 g/mol. The second-order valence-electron chi connectivity index (χ2n) is 3.66. The Labute approximate surface area is 88.3 Å². The molecule has 4 atom stereocenters. The molecule has 0 fully saturated rings. The predicted molar refractivity (Wildman–Crippen MR) is 55.1 cm³/mol. The average Bonchev–Trinajstić information content (AvgIpc) is 2.15. The Morgan fingerprint density at radius 1 is 1.43 bits per heavy atom. The second-order valence-corrected chi connectivity index (χ2v) is 4.48. The number of halogens is 1. The highest BCUT2D eigenvalue weighted by Gasteiger charge is 2.37. The van der Waals surface area contributed by atoms with Crippen LogP contribution >= 0.6 is 11.6 Å².